The van der Waals surface area contributed by atoms with Crippen molar-refractivity contribution in [1.29, 1.82) is 5.26 Å². The number of hydrogen-bond donors (Lipinski definition) is 4. The highest BCUT2D eigenvalue weighted by molar-refractivity contribution is 5.89. The van der Waals surface area contributed by atoms with Gasteiger partial charge in [0.2, 0.25) is 0 Å². The Balaban J connectivity index is 0.000000559. The summed E-state index contributed by atoms with van der Waals surface area (Å²) in [6.45, 7) is 0. The summed E-state index contributed by atoms with van der Waals surface area (Å²) in [5.74, 6) is -2.28. The van der Waals surface area contributed by atoms with Crippen LogP contribution in [0.5, 0.6) is 0 Å². The third kappa shape index (κ3) is 10.2. The van der Waals surface area contributed by atoms with Gasteiger partial charge in [0.05, 0.1) is 11.6 Å². The number of urea groups is 1. The molecule has 216 valence electrons. The van der Waals surface area contributed by atoms with Crippen molar-refractivity contribution in [3.63, 3.8) is 0 Å². The molecule has 7 nitrogen and oxygen atoms in total. The summed E-state index contributed by atoms with van der Waals surface area (Å²) in [6.07, 6.45) is 4.93. The average molecular weight is 563 g/mol. The first-order valence-corrected chi connectivity index (χ1v) is 13.4. The van der Waals surface area contributed by atoms with Crippen LogP contribution in [0.2, 0.25) is 0 Å². The highest BCUT2D eigenvalue weighted by Gasteiger charge is 2.38. The lowest BCUT2D eigenvalue weighted by atomic mass is 9.81. The van der Waals surface area contributed by atoms with Crippen LogP contribution in [0, 0.1) is 23.1 Å². The first-order valence-electron chi connectivity index (χ1n) is 13.4. The Labute approximate surface area is 231 Å². The Morgan fingerprint density at radius 1 is 0.950 bits per heavy atom. The number of aliphatic carboxylic acids is 1. The van der Waals surface area contributed by atoms with E-state index in [9.17, 15) is 22.4 Å². The van der Waals surface area contributed by atoms with Crippen molar-refractivity contribution >= 4 is 17.7 Å². The minimum atomic E-state index is -5.08. The zero-order chi connectivity index (χ0) is 29.1. The summed E-state index contributed by atoms with van der Waals surface area (Å²) in [5.41, 5.74) is 2.38. The predicted octanol–water partition coefficient (Wildman–Crippen LogP) is 6.15. The molecule has 0 unspecified atom stereocenters. The van der Waals surface area contributed by atoms with Gasteiger partial charge in [-0.3, -0.25) is 0 Å². The van der Waals surface area contributed by atoms with Crippen molar-refractivity contribution in [1.82, 2.24) is 10.6 Å². The molecule has 4 N–H and O–H groups in total. The maximum Gasteiger partial charge on any atom is 0.490 e. The molecule has 0 aliphatic heterocycles. The SMILES string of the molecule is N#Cc1cccc(NC(=O)N[C@@H]2CCCC[C@H]2N[C@H]2CC[C@@H](Cc3ccc(F)cc3)CC2)c1.O=C(O)C(F)(F)F. The number of nitrogens with zero attached hydrogens (tertiary/aromatic N) is 1. The van der Waals surface area contributed by atoms with Gasteiger partial charge in [-0.2, -0.15) is 18.4 Å². The lowest BCUT2D eigenvalue weighted by Crippen LogP contribution is -2.55. The van der Waals surface area contributed by atoms with Crippen LogP contribution in [-0.2, 0) is 11.2 Å². The van der Waals surface area contributed by atoms with Crippen molar-refractivity contribution in [2.45, 2.75) is 82.1 Å². The molecule has 2 aliphatic rings. The Bertz CT molecular complexity index is 1160. The number of carboxylic acids is 1. The lowest BCUT2D eigenvalue weighted by molar-refractivity contribution is -0.192. The molecule has 2 fully saturated rings. The Hall–Kier alpha value is -3.65. The molecular formula is C29H34F4N4O3. The predicted molar refractivity (Wildman–Crippen MR) is 142 cm³/mol. The Kier molecular flexibility index (Phi) is 11.3. The number of halogens is 4. The first-order chi connectivity index (χ1) is 19.0. The average Bonchev–Trinajstić information content (AvgIpc) is 2.92. The Morgan fingerprint density at radius 3 is 2.17 bits per heavy atom. The second kappa shape index (κ2) is 14.7. The number of rotatable bonds is 6. The van der Waals surface area contributed by atoms with E-state index in [0.29, 0.717) is 23.2 Å². The van der Waals surface area contributed by atoms with Crippen molar-refractivity contribution in [2.24, 2.45) is 5.92 Å². The first kappa shape index (κ1) is 30.9. The van der Waals surface area contributed by atoms with Crippen molar-refractivity contribution in [3.05, 3.63) is 65.5 Å². The van der Waals surface area contributed by atoms with Gasteiger partial charge in [-0.05, 0) is 86.8 Å². The molecule has 2 amide bonds. The van der Waals surface area contributed by atoms with Gasteiger partial charge in [-0.15, -0.1) is 0 Å². The number of carboxylic acid groups (broad SMARTS) is 1. The van der Waals surface area contributed by atoms with Gasteiger partial charge in [0.1, 0.15) is 5.82 Å². The van der Waals surface area contributed by atoms with Crippen molar-refractivity contribution in [2.75, 3.05) is 5.32 Å². The molecule has 0 saturated heterocycles. The number of anilines is 1. The van der Waals surface area contributed by atoms with Gasteiger partial charge >= 0.3 is 18.2 Å². The van der Waals surface area contributed by atoms with Gasteiger partial charge in [0.15, 0.2) is 0 Å². The summed E-state index contributed by atoms with van der Waals surface area (Å²) < 4.78 is 44.9. The second-order valence-electron chi connectivity index (χ2n) is 10.3. The molecule has 11 heteroatoms. The number of benzene rings is 2. The molecule has 40 heavy (non-hydrogen) atoms. The van der Waals surface area contributed by atoms with Crippen molar-refractivity contribution < 1.29 is 32.3 Å². The fourth-order valence-electron chi connectivity index (χ4n) is 5.29. The summed E-state index contributed by atoms with van der Waals surface area (Å²) in [5, 5.41) is 26.1. The van der Waals surface area contributed by atoms with E-state index in [-0.39, 0.29) is 23.9 Å². The third-order valence-electron chi connectivity index (χ3n) is 7.31. The second-order valence-corrected chi connectivity index (χ2v) is 10.3. The molecule has 0 radical (unpaired) electrons. The summed E-state index contributed by atoms with van der Waals surface area (Å²) in [7, 11) is 0. The molecule has 2 saturated carbocycles. The molecular weight excluding hydrogens is 528 g/mol. The van der Waals surface area contributed by atoms with E-state index in [1.54, 1.807) is 36.4 Å². The quantitative estimate of drug-likeness (QED) is 0.315. The normalized spacial score (nSPS) is 22.7. The number of amides is 2. The maximum absolute atomic E-state index is 13.1. The van der Waals surface area contributed by atoms with Crippen LogP contribution in [0.1, 0.15) is 62.5 Å². The zero-order valence-electron chi connectivity index (χ0n) is 22.0. The molecule has 0 spiro atoms. The van der Waals surface area contributed by atoms with Gasteiger partial charge < -0.3 is 21.1 Å². The molecule has 4 rings (SSSR count). The number of nitriles is 1. The van der Waals surface area contributed by atoms with Gasteiger partial charge in [-0.1, -0.05) is 31.0 Å². The largest absolute Gasteiger partial charge is 0.490 e. The van der Waals surface area contributed by atoms with E-state index in [2.05, 4.69) is 22.0 Å². The van der Waals surface area contributed by atoms with Gasteiger partial charge in [-0.25, -0.2) is 14.0 Å². The van der Waals surface area contributed by atoms with Crippen LogP contribution in [0.3, 0.4) is 0 Å². The van der Waals surface area contributed by atoms with E-state index >= 15 is 0 Å². The van der Waals surface area contributed by atoms with Crippen LogP contribution in [-0.4, -0.2) is 41.4 Å². The summed E-state index contributed by atoms with van der Waals surface area (Å²) in [4.78, 5) is 21.5. The van der Waals surface area contributed by atoms with Gasteiger partial charge in [0, 0.05) is 23.8 Å². The van der Waals surface area contributed by atoms with E-state index in [0.717, 1.165) is 38.5 Å². The molecule has 2 aromatic rings. The zero-order valence-corrected chi connectivity index (χ0v) is 22.0. The molecule has 0 heterocycles. The van der Waals surface area contributed by atoms with E-state index in [1.807, 2.05) is 12.1 Å². The number of carbonyl (C=O) groups excluding carboxylic acids is 1. The molecule has 2 aliphatic carbocycles. The molecule has 2 aromatic carbocycles. The van der Waals surface area contributed by atoms with E-state index in [1.165, 1.54) is 24.8 Å². The third-order valence-corrected chi connectivity index (χ3v) is 7.31. The molecule has 2 atom stereocenters. The highest BCUT2D eigenvalue weighted by atomic mass is 19.4. The highest BCUT2D eigenvalue weighted by Crippen LogP contribution is 2.29. The van der Waals surface area contributed by atoms with E-state index in [4.69, 9.17) is 15.2 Å². The van der Waals surface area contributed by atoms with Crippen LogP contribution in [0.4, 0.5) is 28.0 Å². The molecule has 0 bridgehead atoms. The van der Waals surface area contributed by atoms with Crippen molar-refractivity contribution in [3.8, 4) is 6.07 Å². The Morgan fingerprint density at radius 2 is 1.57 bits per heavy atom. The topological polar surface area (TPSA) is 114 Å². The monoisotopic (exact) mass is 562 g/mol. The number of hydrogen-bond acceptors (Lipinski definition) is 4. The summed E-state index contributed by atoms with van der Waals surface area (Å²) in [6, 6.07) is 16.6. The van der Waals surface area contributed by atoms with Gasteiger partial charge in [0.25, 0.3) is 0 Å². The van der Waals surface area contributed by atoms with Crippen LogP contribution < -0.4 is 16.0 Å². The minimum absolute atomic E-state index is 0.106. The fourth-order valence-corrected chi connectivity index (χ4v) is 5.29. The standard InChI is InChI=1S/C27H33FN4O.C2HF3O2/c28-22-12-8-19(9-13-22)16-20-10-14-23(15-11-20)30-25-6-1-2-7-26(25)32-27(33)31-24-5-3-4-21(17-24)18-29;3-2(4,5)1(6)7/h3-5,8-9,12-13,17,20,23,25-26,30H,1-2,6-7,10-11,14-16H2,(H2,31,32,33);(H,6,7)/t20-,23+,25-,26-;/m1./s1. The van der Waals surface area contributed by atoms with Crippen LogP contribution in [0.15, 0.2) is 48.5 Å². The minimum Gasteiger partial charge on any atom is -0.475 e. The maximum atomic E-state index is 13.1. The van der Waals surface area contributed by atoms with E-state index < -0.39 is 12.1 Å². The molecule has 0 aromatic heterocycles. The number of alkyl halides is 3. The lowest BCUT2D eigenvalue weighted by Gasteiger charge is -2.38. The van der Waals surface area contributed by atoms with Crippen LogP contribution >= 0.6 is 0 Å². The van der Waals surface area contributed by atoms with Crippen LogP contribution in [0.25, 0.3) is 0 Å². The summed E-state index contributed by atoms with van der Waals surface area (Å²) >= 11 is 0. The fraction of sp³-hybridized carbons (Fsp3) is 0.483. The smallest absolute Gasteiger partial charge is 0.475 e. The number of nitrogens with one attached hydrogen (secondary N) is 3. The number of carbonyl (C=O) groups is 2.